The van der Waals surface area contributed by atoms with Gasteiger partial charge < -0.3 is 14.8 Å². The fourth-order valence-corrected chi connectivity index (χ4v) is 3.76. The molecule has 0 bridgehead atoms. The van der Waals surface area contributed by atoms with Crippen LogP contribution in [0.3, 0.4) is 0 Å². The summed E-state index contributed by atoms with van der Waals surface area (Å²) in [7, 11) is 0. The van der Waals surface area contributed by atoms with Crippen LogP contribution in [-0.4, -0.2) is 27.1 Å². The Kier molecular flexibility index (Phi) is 6.18. The molecule has 8 nitrogen and oxygen atoms in total. The van der Waals surface area contributed by atoms with Crippen LogP contribution in [0.4, 0.5) is 5.69 Å². The highest BCUT2D eigenvalue weighted by Gasteiger charge is 2.09. The first kappa shape index (κ1) is 21.5. The van der Waals surface area contributed by atoms with E-state index in [1.54, 1.807) is 24.3 Å². The molecule has 2 aromatic carbocycles. The normalized spacial score (nSPS) is 10.8. The quantitative estimate of drug-likeness (QED) is 0.462. The van der Waals surface area contributed by atoms with Gasteiger partial charge in [0.25, 0.3) is 11.5 Å². The highest BCUT2D eigenvalue weighted by atomic mass is 32.1. The van der Waals surface area contributed by atoms with Gasteiger partial charge in [-0.2, -0.15) is 9.61 Å². The van der Waals surface area contributed by atoms with Crippen LogP contribution in [0.15, 0.2) is 53.3 Å². The average molecular weight is 451 g/mol. The molecule has 0 aliphatic carbocycles. The number of fused-ring (bicyclic) bond motifs is 1. The molecule has 0 radical (unpaired) electrons. The van der Waals surface area contributed by atoms with Crippen molar-refractivity contribution in [2.24, 2.45) is 0 Å². The molecule has 164 valence electrons. The standard InChI is InChI=1S/C23H22N4O4S/c1-14-7-8-20(9-15(14)2)31-13-21(28)24-17-5-4-6-19(10-17)30-12-18-11-22(29)27-23(25-18)32-16(3)26-27/h4-11H,12-13H2,1-3H3,(H,24,28). The predicted octanol–water partition coefficient (Wildman–Crippen LogP) is 3.67. The van der Waals surface area contributed by atoms with E-state index >= 15 is 0 Å². The molecule has 9 heteroatoms. The van der Waals surface area contributed by atoms with Crippen LogP contribution < -0.4 is 20.3 Å². The molecule has 0 atom stereocenters. The zero-order valence-electron chi connectivity index (χ0n) is 17.9. The van der Waals surface area contributed by atoms with Crippen LogP contribution in [-0.2, 0) is 11.4 Å². The number of benzene rings is 2. The van der Waals surface area contributed by atoms with Gasteiger partial charge in [0.05, 0.1) is 5.69 Å². The molecular weight excluding hydrogens is 428 g/mol. The molecule has 0 saturated carbocycles. The van der Waals surface area contributed by atoms with Crippen LogP contribution in [0.2, 0.25) is 0 Å². The molecule has 0 spiro atoms. The summed E-state index contributed by atoms with van der Waals surface area (Å²) in [5.41, 5.74) is 3.12. The first-order valence-corrected chi connectivity index (χ1v) is 10.8. The van der Waals surface area contributed by atoms with Gasteiger partial charge >= 0.3 is 0 Å². The minimum atomic E-state index is -0.277. The zero-order chi connectivity index (χ0) is 22.7. The smallest absolute Gasteiger partial charge is 0.275 e. The second-order valence-electron chi connectivity index (χ2n) is 7.30. The molecule has 2 heterocycles. The summed E-state index contributed by atoms with van der Waals surface area (Å²) in [4.78, 5) is 29.4. The van der Waals surface area contributed by atoms with Crippen LogP contribution in [0.1, 0.15) is 21.8 Å². The van der Waals surface area contributed by atoms with E-state index in [9.17, 15) is 9.59 Å². The number of carbonyl (C=O) groups excluding carboxylic acids is 1. The number of nitrogens with one attached hydrogen (secondary N) is 1. The van der Waals surface area contributed by atoms with Gasteiger partial charge in [0.2, 0.25) is 4.96 Å². The summed E-state index contributed by atoms with van der Waals surface area (Å²) in [5.74, 6) is 0.915. The molecule has 2 aromatic heterocycles. The maximum Gasteiger partial charge on any atom is 0.275 e. The Bertz CT molecular complexity index is 1350. The van der Waals surface area contributed by atoms with Crippen molar-refractivity contribution < 1.29 is 14.3 Å². The number of nitrogens with zero attached hydrogens (tertiary/aromatic N) is 3. The number of rotatable bonds is 7. The van der Waals surface area contributed by atoms with E-state index < -0.39 is 0 Å². The van der Waals surface area contributed by atoms with E-state index in [0.29, 0.717) is 27.8 Å². The lowest BCUT2D eigenvalue weighted by molar-refractivity contribution is -0.118. The predicted molar refractivity (Wildman–Crippen MR) is 123 cm³/mol. The Morgan fingerprint density at radius 1 is 1.03 bits per heavy atom. The molecule has 1 amide bonds. The van der Waals surface area contributed by atoms with E-state index in [1.165, 1.54) is 27.5 Å². The largest absolute Gasteiger partial charge is 0.487 e. The summed E-state index contributed by atoms with van der Waals surface area (Å²) < 4.78 is 12.6. The summed E-state index contributed by atoms with van der Waals surface area (Å²) in [6.45, 7) is 5.86. The van der Waals surface area contributed by atoms with Crippen molar-refractivity contribution in [3.05, 3.63) is 80.7 Å². The van der Waals surface area contributed by atoms with Gasteiger partial charge in [-0.3, -0.25) is 9.59 Å². The third-order valence-corrected chi connectivity index (χ3v) is 5.58. The Hall–Kier alpha value is -3.72. The van der Waals surface area contributed by atoms with Gasteiger partial charge in [0.15, 0.2) is 6.61 Å². The molecule has 0 saturated heterocycles. The van der Waals surface area contributed by atoms with Crippen LogP contribution in [0.5, 0.6) is 11.5 Å². The average Bonchev–Trinajstić information content (AvgIpc) is 3.14. The SMILES string of the molecule is Cc1nn2c(=O)cc(COc3cccc(NC(=O)COc4ccc(C)c(C)c4)c3)nc2s1. The van der Waals surface area contributed by atoms with Gasteiger partial charge in [0, 0.05) is 17.8 Å². The molecule has 0 unspecified atom stereocenters. The number of carbonyl (C=O) groups is 1. The minimum absolute atomic E-state index is 0.101. The summed E-state index contributed by atoms with van der Waals surface area (Å²) in [5, 5.41) is 7.68. The fourth-order valence-electron chi connectivity index (χ4n) is 3.00. The number of hydrogen-bond acceptors (Lipinski definition) is 7. The Labute approximate surface area is 188 Å². The molecule has 0 aliphatic heterocycles. The van der Waals surface area contributed by atoms with E-state index in [4.69, 9.17) is 9.47 Å². The Balaban J connectivity index is 1.35. The molecule has 1 N–H and O–H groups in total. The molecule has 0 fully saturated rings. The zero-order valence-corrected chi connectivity index (χ0v) is 18.7. The van der Waals surface area contributed by atoms with Gasteiger partial charge in [-0.15, -0.1) is 0 Å². The summed E-state index contributed by atoms with van der Waals surface area (Å²) >= 11 is 1.34. The third kappa shape index (κ3) is 5.12. The minimum Gasteiger partial charge on any atom is -0.487 e. The topological polar surface area (TPSA) is 94.8 Å². The molecule has 4 rings (SSSR count). The highest BCUT2D eigenvalue weighted by Crippen LogP contribution is 2.20. The fraction of sp³-hybridized carbons (Fsp3) is 0.217. The highest BCUT2D eigenvalue weighted by molar-refractivity contribution is 7.16. The molecule has 0 aliphatic rings. The first-order valence-electron chi connectivity index (χ1n) is 9.96. The van der Waals surface area contributed by atoms with Crippen molar-refractivity contribution in [2.45, 2.75) is 27.4 Å². The summed E-state index contributed by atoms with van der Waals surface area (Å²) in [6, 6.07) is 14.1. The molecule has 4 aromatic rings. The van der Waals surface area contributed by atoms with Crippen molar-refractivity contribution in [1.29, 1.82) is 0 Å². The van der Waals surface area contributed by atoms with Crippen molar-refractivity contribution in [1.82, 2.24) is 14.6 Å². The lowest BCUT2D eigenvalue weighted by Crippen LogP contribution is -2.20. The van der Waals surface area contributed by atoms with Crippen molar-refractivity contribution >= 4 is 27.9 Å². The van der Waals surface area contributed by atoms with E-state index in [0.717, 1.165) is 10.6 Å². The lowest BCUT2D eigenvalue weighted by atomic mass is 10.1. The van der Waals surface area contributed by atoms with Gasteiger partial charge in [0.1, 0.15) is 23.1 Å². The molecule has 32 heavy (non-hydrogen) atoms. The number of anilines is 1. The Morgan fingerprint density at radius 2 is 1.84 bits per heavy atom. The van der Waals surface area contributed by atoms with Gasteiger partial charge in [-0.25, -0.2) is 4.98 Å². The number of aryl methyl sites for hydroxylation is 3. The number of hydrogen-bond donors (Lipinski definition) is 1. The molecular formula is C23H22N4O4S. The number of ether oxygens (including phenoxy) is 2. The summed E-state index contributed by atoms with van der Waals surface area (Å²) in [6.07, 6.45) is 0. The second kappa shape index (κ2) is 9.19. The van der Waals surface area contributed by atoms with Crippen molar-refractivity contribution in [3.8, 4) is 11.5 Å². The van der Waals surface area contributed by atoms with E-state index in [-0.39, 0.29) is 24.7 Å². The van der Waals surface area contributed by atoms with Gasteiger partial charge in [-0.05, 0) is 56.2 Å². The maximum absolute atomic E-state index is 12.3. The third-order valence-electron chi connectivity index (χ3n) is 4.75. The van der Waals surface area contributed by atoms with E-state index in [2.05, 4.69) is 15.4 Å². The Morgan fingerprint density at radius 3 is 2.66 bits per heavy atom. The van der Waals surface area contributed by atoms with Crippen molar-refractivity contribution in [3.63, 3.8) is 0 Å². The lowest BCUT2D eigenvalue weighted by Gasteiger charge is -2.10. The van der Waals surface area contributed by atoms with Crippen LogP contribution in [0.25, 0.3) is 4.96 Å². The first-order chi connectivity index (χ1) is 15.4. The van der Waals surface area contributed by atoms with Crippen LogP contribution >= 0.6 is 11.3 Å². The second-order valence-corrected chi connectivity index (χ2v) is 8.46. The van der Waals surface area contributed by atoms with Gasteiger partial charge in [-0.1, -0.05) is 23.5 Å². The maximum atomic E-state index is 12.3. The van der Waals surface area contributed by atoms with E-state index in [1.807, 2.05) is 39.0 Å². The van der Waals surface area contributed by atoms with Crippen LogP contribution in [0, 0.1) is 20.8 Å². The number of aromatic nitrogens is 3. The monoisotopic (exact) mass is 450 g/mol. The van der Waals surface area contributed by atoms with Crippen molar-refractivity contribution in [2.75, 3.05) is 11.9 Å². The number of amides is 1.